The lowest BCUT2D eigenvalue weighted by Crippen LogP contribution is -2.22. The minimum Gasteiger partial charge on any atom is -0.312 e. The van der Waals surface area contributed by atoms with E-state index in [0.717, 1.165) is 16.6 Å². The maximum atomic E-state index is 14.1. The van der Waals surface area contributed by atoms with Crippen molar-refractivity contribution in [3.05, 3.63) is 34.1 Å². The van der Waals surface area contributed by atoms with Crippen molar-refractivity contribution in [3.8, 4) is 0 Å². The number of benzene rings is 1. The molecule has 0 aromatic heterocycles. The van der Waals surface area contributed by atoms with Crippen LogP contribution in [0.4, 0.5) is 4.39 Å². The molecule has 1 unspecified atom stereocenters. The maximum Gasteiger partial charge on any atom is 0.142 e. The zero-order valence-corrected chi connectivity index (χ0v) is 13.7. The first kappa shape index (κ1) is 15.3. The van der Waals surface area contributed by atoms with Crippen LogP contribution in [0.2, 0.25) is 0 Å². The van der Waals surface area contributed by atoms with E-state index in [1.165, 1.54) is 32.1 Å². The van der Waals surface area contributed by atoms with Gasteiger partial charge in [0.25, 0.3) is 0 Å². The Morgan fingerprint density at radius 1 is 1.37 bits per heavy atom. The molecule has 4 heteroatoms. The number of thioether (sulfide) groups is 1. The highest BCUT2D eigenvalue weighted by molar-refractivity contribution is 9.10. The Balaban J connectivity index is 1.97. The summed E-state index contributed by atoms with van der Waals surface area (Å²) in [6, 6.07) is 5.62. The minimum atomic E-state index is -0.133. The molecule has 1 aliphatic rings. The van der Waals surface area contributed by atoms with Gasteiger partial charge in [-0.15, -0.1) is 0 Å². The normalized spacial score (nSPS) is 18.5. The van der Waals surface area contributed by atoms with Gasteiger partial charge in [-0.3, -0.25) is 0 Å². The monoisotopic (exact) mass is 345 g/mol. The second-order valence-electron chi connectivity index (χ2n) is 5.08. The third-order valence-corrected chi connectivity index (χ3v) is 5.84. The fraction of sp³-hybridized carbons (Fsp3) is 0.600. The van der Waals surface area contributed by atoms with Gasteiger partial charge in [0.15, 0.2) is 0 Å². The molecule has 0 aliphatic heterocycles. The molecular weight excluding hydrogens is 325 g/mol. The predicted octanol–water partition coefficient (Wildman–Crippen LogP) is 4.91. The summed E-state index contributed by atoms with van der Waals surface area (Å²) in [6.45, 7) is 0. The maximum absolute atomic E-state index is 14.1. The Hall–Kier alpha value is -0.0600. The Morgan fingerprint density at radius 2 is 2.11 bits per heavy atom. The van der Waals surface area contributed by atoms with E-state index in [4.69, 9.17) is 0 Å². The minimum absolute atomic E-state index is 0.0874. The summed E-state index contributed by atoms with van der Waals surface area (Å²) in [7, 11) is 1.91. The SMILES string of the molecule is CNC(CSC1CCCCC1)c1cccc(Br)c1F. The third-order valence-electron chi connectivity index (χ3n) is 3.76. The molecule has 1 nitrogen and oxygen atoms in total. The topological polar surface area (TPSA) is 12.0 Å². The lowest BCUT2D eigenvalue weighted by molar-refractivity contribution is 0.513. The van der Waals surface area contributed by atoms with Crippen molar-refractivity contribution in [3.63, 3.8) is 0 Å². The quantitative estimate of drug-likeness (QED) is 0.813. The number of hydrogen-bond donors (Lipinski definition) is 1. The Labute approximate surface area is 127 Å². The number of rotatable bonds is 5. The van der Waals surface area contributed by atoms with Crippen LogP contribution in [-0.4, -0.2) is 18.1 Å². The fourth-order valence-electron chi connectivity index (χ4n) is 2.58. The van der Waals surface area contributed by atoms with Crippen LogP contribution in [0.1, 0.15) is 43.7 Å². The van der Waals surface area contributed by atoms with Crippen molar-refractivity contribution in [2.75, 3.05) is 12.8 Å². The highest BCUT2D eigenvalue weighted by atomic mass is 79.9. The van der Waals surface area contributed by atoms with Crippen LogP contribution >= 0.6 is 27.7 Å². The molecule has 0 bridgehead atoms. The molecule has 1 aromatic rings. The van der Waals surface area contributed by atoms with Crippen LogP contribution in [0.15, 0.2) is 22.7 Å². The summed E-state index contributed by atoms with van der Waals surface area (Å²) in [4.78, 5) is 0. The largest absolute Gasteiger partial charge is 0.312 e. The van der Waals surface area contributed by atoms with Crippen molar-refractivity contribution >= 4 is 27.7 Å². The van der Waals surface area contributed by atoms with Crippen LogP contribution in [0.5, 0.6) is 0 Å². The Bertz CT molecular complexity index is 407. The predicted molar refractivity (Wildman–Crippen MR) is 85.2 cm³/mol. The lowest BCUT2D eigenvalue weighted by atomic mass is 10.0. The van der Waals surface area contributed by atoms with E-state index in [-0.39, 0.29) is 11.9 Å². The second kappa shape index (κ2) is 7.65. The van der Waals surface area contributed by atoms with Gasteiger partial charge in [-0.2, -0.15) is 11.8 Å². The zero-order valence-electron chi connectivity index (χ0n) is 11.3. The molecule has 2 rings (SSSR count). The molecule has 1 fully saturated rings. The fourth-order valence-corrected chi connectivity index (χ4v) is 4.44. The molecule has 0 heterocycles. The van der Waals surface area contributed by atoms with E-state index in [2.05, 4.69) is 21.2 Å². The number of nitrogens with one attached hydrogen (secondary N) is 1. The van der Waals surface area contributed by atoms with E-state index in [1.807, 2.05) is 30.9 Å². The highest BCUT2D eigenvalue weighted by Gasteiger charge is 2.19. The molecule has 1 aromatic carbocycles. The van der Waals surface area contributed by atoms with Crippen molar-refractivity contribution < 1.29 is 4.39 Å². The van der Waals surface area contributed by atoms with Gasteiger partial charge in [0.2, 0.25) is 0 Å². The molecule has 0 amide bonds. The van der Waals surface area contributed by atoms with Crippen LogP contribution in [0, 0.1) is 5.82 Å². The van der Waals surface area contributed by atoms with E-state index in [0.29, 0.717) is 4.47 Å². The van der Waals surface area contributed by atoms with Gasteiger partial charge in [0.05, 0.1) is 4.47 Å². The third kappa shape index (κ3) is 4.20. The van der Waals surface area contributed by atoms with Crippen LogP contribution < -0.4 is 5.32 Å². The summed E-state index contributed by atoms with van der Waals surface area (Å²) in [5.74, 6) is 0.806. The van der Waals surface area contributed by atoms with Crippen molar-refractivity contribution in [1.29, 1.82) is 0 Å². The van der Waals surface area contributed by atoms with Gasteiger partial charge in [0.1, 0.15) is 5.82 Å². The van der Waals surface area contributed by atoms with Crippen molar-refractivity contribution in [1.82, 2.24) is 5.32 Å². The molecular formula is C15H21BrFNS. The molecule has 1 atom stereocenters. The number of hydrogen-bond acceptors (Lipinski definition) is 2. The van der Waals surface area contributed by atoms with E-state index < -0.39 is 0 Å². The van der Waals surface area contributed by atoms with Gasteiger partial charge in [-0.05, 0) is 41.9 Å². The highest BCUT2D eigenvalue weighted by Crippen LogP contribution is 2.32. The van der Waals surface area contributed by atoms with Crippen LogP contribution in [0.3, 0.4) is 0 Å². The van der Waals surface area contributed by atoms with E-state index in [9.17, 15) is 4.39 Å². The standard InChI is InChI=1S/C15H21BrFNS/c1-18-14(10-19-11-6-3-2-4-7-11)12-8-5-9-13(16)15(12)17/h5,8-9,11,14,18H,2-4,6-7,10H2,1H3. The molecule has 1 saturated carbocycles. The first-order valence-corrected chi connectivity index (χ1v) is 8.79. The summed E-state index contributed by atoms with van der Waals surface area (Å²) in [6.07, 6.45) is 6.73. The molecule has 1 aliphatic carbocycles. The first-order chi connectivity index (χ1) is 9.22. The van der Waals surface area contributed by atoms with E-state index >= 15 is 0 Å². The van der Waals surface area contributed by atoms with Crippen LogP contribution in [0.25, 0.3) is 0 Å². The molecule has 0 saturated heterocycles. The summed E-state index contributed by atoms with van der Waals surface area (Å²) in [5, 5.41) is 4.01. The molecule has 0 spiro atoms. The second-order valence-corrected chi connectivity index (χ2v) is 7.27. The smallest absolute Gasteiger partial charge is 0.142 e. The summed E-state index contributed by atoms with van der Waals surface area (Å²) >= 11 is 5.26. The Morgan fingerprint density at radius 3 is 2.79 bits per heavy atom. The lowest BCUT2D eigenvalue weighted by Gasteiger charge is -2.24. The molecule has 106 valence electrons. The van der Waals surface area contributed by atoms with Gasteiger partial charge in [-0.1, -0.05) is 31.4 Å². The van der Waals surface area contributed by atoms with Gasteiger partial charge in [-0.25, -0.2) is 4.39 Å². The summed E-state index contributed by atoms with van der Waals surface area (Å²) < 4.78 is 14.7. The zero-order chi connectivity index (χ0) is 13.7. The van der Waals surface area contributed by atoms with Gasteiger partial charge < -0.3 is 5.32 Å². The average Bonchev–Trinajstić information content (AvgIpc) is 2.45. The van der Waals surface area contributed by atoms with Crippen molar-refractivity contribution in [2.45, 2.75) is 43.4 Å². The molecule has 0 radical (unpaired) electrons. The van der Waals surface area contributed by atoms with E-state index in [1.54, 1.807) is 6.07 Å². The van der Waals surface area contributed by atoms with Crippen LogP contribution in [-0.2, 0) is 0 Å². The summed E-state index contributed by atoms with van der Waals surface area (Å²) in [5.41, 5.74) is 0.764. The number of halogens is 2. The van der Waals surface area contributed by atoms with Gasteiger partial charge >= 0.3 is 0 Å². The molecule has 19 heavy (non-hydrogen) atoms. The van der Waals surface area contributed by atoms with Gasteiger partial charge in [0, 0.05) is 22.6 Å². The first-order valence-electron chi connectivity index (χ1n) is 6.95. The van der Waals surface area contributed by atoms with Crippen molar-refractivity contribution in [2.24, 2.45) is 0 Å². The molecule has 1 N–H and O–H groups in total. The Kier molecular flexibility index (Phi) is 6.17. The average molecular weight is 346 g/mol.